The molecule has 4 saturated carbocycles. The van der Waals surface area contributed by atoms with Gasteiger partial charge in [0.1, 0.15) is 5.78 Å². The maximum atomic E-state index is 12.1. The van der Waals surface area contributed by atoms with Crippen molar-refractivity contribution in [2.45, 2.75) is 39.0 Å². The van der Waals surface area contributed by atoms with Crippen LogP contribution >= 0.6 is 0 Å². The molecule has 4 aliphatic rings. The highest BCUT2D eigenvalue weighted by molar-refractivity contribution is 5.86. The van der Waals surface area contributed by atoms with E-state index >= 15 is 0 Å². The molecule has 0 aromatic rings. The first-order chi connectivity index (χ1) is 8.47. The number of ether oxygens (including phenoxy) is 1. The fourth-order valence-electron chi connectivity index (χ4n) is 5.48. The van der Waals surface area contributed by atoms with Gasteiger partial charge in [-0.1, -0.05) is 13.0 Å². The highest BCUT2D eigenvalue weighted by Crippen LogP contribution is 2.85. The normalized spacial score (nSPS) is 49.2. The summed E-state index contributed by atoms with van der Waals surface area (Å²) in [4.78, 5) is 24.0. The third kappa shape index (κ3) is 0.918. The van der Waals surface area contributed by atoms with Crippen LogP contribution in [0.5, 0.6) is 0 Å². The van der Waals surface area contributed by atoms with Crippen LogP contribution in [0.3, 0.4) is 0 Å². The Morgan fingerprint density at radius 2 is 2.17 bits per heavy atom. The number of carbonyl (C=O) groups is 2. The minimum atomic E-state index is -0.153. The zero-order valence-electron chi connectivity index (χ0n) is 11.1. The average molecular weight is 248 g/mol. The van der Waals surface area contributed by atoms with Gasteiger partial charge in [0.05, 0.1) is 13.0 Å². The van der Waals surface area contributed by atoms with Crippen LogP contribution in [0.4, 0.5) is 0 Å². The van der Waals surface area contributed by atoms with Crippen molar-refractivity contribution in [2.24, 2.45) is 22.2 Å². The van der Waals surface area contributed by atoms with E-state index in [0.29, 0.717) is 18.6 Å². The van der Waals surface area contributed by atoms with Crippen molar-refractivity contribution in [1.82, 2.24) is 0 Å². The molecular formula is C15H20O3. The van der Waals surface area contributed by atoms with E-state index < -0.39 is 0 Å². The van der Waals surface area contributed by atoms with Gasteiger partial charge in [0, 0.05) is 18.3 Å². The van der Waals surface area contributed by atoms with E-state index in [0.717, 1.165) is 19.3 Å². The smallest absolute Gasteiger partial charge is 0.310 e. The van der Waals surface area contributed by atoms with Gasteiger partial charge < -0.3 is 4.74 Å². The van der Waals surface area contributed by atoms with E-state index in [-0.39, 0.29) is 28.1 Å². The molecule has 4 atom stereocenters. The lowest BCUT2D eigenvalue weighted by atomic mass is 9.33. The Bertz CT molecular complexity index is 455. The lowest BCUT2D eigenvalue weighted by Gasteiger charge is -2.69. The van der Waals surface area contributed by atoms with Gasteiger partial charge in [-0.3, -0.25) is 9.59 Å². The molecule has 0 aliphatic heterocycles. The van der Waals surface area contributed by atoms with Crippen molar-refractivity contribution in [2.75, 3.05) is 7.11 Å². The van der Waals surface area contributed by atoms with E-state index in [9.17, 15) is 9.59 Å². The number of allylic oxidation sites excluding steroid dienone is 1. The summed E-state index contributed by atoms with van der Waals surface area (Å²) >= 11 is 0. The van der Waals surface area contributed by atoms with Gasteiger partial charge in [0.25, 0.3) is 0 Å². The summed E-state index contributed by atoms with van der Waals surface area (Å²) < 4.78 is 4.99. The van der Waals surface area contributed by atoms with Crippen LogP contribution in [0.2, 0.25) is 0 Å². The first-order valence-electron chi connectivity index (χ1n) is 6.70. The van der Waals surface area contributed by atoms with Crippen LogP contribution in [-0.2, 0) is 14.3 Å². The van der Waals surface area contributed by atoms with E-state index in [1.807, 2.05) is 6.08 Å². The fraction of sp³-hybridized carbons (Fsp3) is 0.733. The van der Waals surface area contributed by atoms with Crippen molar-refractivity contribution in [3.05, 3.63) is 12.7 Å². The number of rotatable bonds is 2. The molecule has 4 aliphatic carbocycles. The van der Waals surface area contributed by atoms with E-state index in [2.05, 4.69) is 13.5 Å². The van der Waals surface area contributed by atoms with E-state index in [1.165, 1.54) is 7.11 Å². The Labute approximate surface area is 108 Å². The molecule has 0 heterocycles. The molecule has 4 fully saturated rings. The SMILES string of the molecule is C=C[C@]12CC[C@@]3(CC(=O)CC[C@]31C)C2C(=O)OC. The Balaban J connectivity index is 2.10. The van der Waals surface area contributed by atoms with E-state index in [1.54, 1.807) is 0 Å². The topological polar surface area (TPSA) is 43.4 Å². The second kappa shape index (κ2) is 3.25. The predicted octanol–water partition coefficient (Wildman–Crippen LogP) is 2.50. The van der Waals surface area contributed by atoms with Crippen molar-refractivity contribution in [3.8, 4) is 0 Å². The standard InChI is InChI=1S/C15H20O3/c1-4-14-7-8-15(11(14)12(17)18-3)9-10(16)5-6-13(14,15)2/h4,11H,1,5-9H2,2-3H3/t11?,13-,14+,15+/m0/s1. The van der Waals surface area contributed by atoms with Crippen molar-refractivity contribution < 1.29 is 14.3 Å². The molecule has 3 heteroatoms. The molecule has 0 saturated heterocycles. The van der Waals surface area contributed by atoms with Crippen LogP contribution in [-0.4, -0.2) is 18.9 Å². The molecular weight excluding hydrogens is 228 g/mol. The van der Waals surface area contributed by atoms with Crippen LogP contribution < -0.4 is 0 Å². The molecule has 0 aromatic heterocycles. The molecule has 3 nitrogen and oxygen atoms in total. The Kier molecular flexibility index (Phi) is 2.16. The zero-order chi connectivity index (χ0) is 13.2. The molecule has 0 amide bonds. The van der Waals surface area contributed by atoms with Gasteiger partial charge in [0.2, 0.25) is 0 Å². The van der Waals surface area contributed by atoms with Gasteiger partial charge in [0.15, 0.2) is 0 Å². The van der Waals surface area contributed by atoms with Gasteiger partial charge in [-0.2, -0.15) is 0 Å². The molecule has 1 unspecified atom stereocenters. The van der Waals surface area contributed by atoms with Crippen LogP contribution in [0.1, 0.15) is 39.0 Å². The fourth-order valence-corrected chi connectivity index (χ4v) is 5.48. The quantitative estimate of drug-likeness (QED) is 0.557. The highest BCUT2D eigenvalue weighted by atomic mass is 16.5. The third-order valence-corrected chi connectivity index (χ3v) is 6.40. The van der Waals surface area contributed by atoms with Crippen LogP contribution in [0.15, 0.2) is 12.7 Å². The molecule has 2 bridgehead atoms. The van der Waals surface area contributed by atoms with Crippen LogP contribution in [0.25, 0.3) is 0 Å². The summed E-state index contributed by atoms with van der Waals surface area (Å²) in [5, 5.41) is 0. The minimum Gasteiger partial charge on any atom is -0.469 e. The summed E-state index contributed by atoms with van der Waals surface area (Å²) in [5.41, 5.74) is -0.223. The van der Waals surface area contributed by atoms with Gasteiger partial charge in [-0.05, 0) is 30.1 Å². The monoisotopic (exact) mass is 248 g/mol. The predicted molar refractivity (Wildman–Crippen MR) is 66.8 cm³/mol. The highest BCUT2D eigenvalue weighted by Gasteiger charge is 2.83. The summed E-state index contributed by atoms with van der Waals surface area (Å²) in [6.45, 7) is 6.22. The molecule has 0 radical (unpaired) electrons. The van der Waals surface area contributed by atoms with Gasteiger partial charge in [-0.15, -0.1) is 6.58 Å². The number of Topliss-reactive ketones (excluding diaryl/α,β-unsaturated/α-hetero) is 1. The van der Waals surface area contributed by atoms with Crippen molar-refractivity contribution in [3.63, 3.8) is 0 Å². The number of hydrogen-bond donors (Lipinski definition) is 0. The molecule has 18 heavy (non-hydrogen) atoms. The number of carbonyl (C=O) groups excluding carboxylic acids is 2. The molecule has 98 valence electrons. The lowest BCUT2D eigenvalue weighted by molar-refractivity contribution is -0.223. The Hall–Kier alpha value is -1.12. The third-order valence-electron chi connectivity index (χ3n) is 6.40. The largest absolute Gasteiger partial charge is 0.469 e. The minimum absolute atomic E-state index is 0.0640. The number of methoxy groups -OCH3 is 1. The summed E-state index contributed by atoms with van der Waals surface area (Å²) in [7, 11) is 1.44. The summed E-state index contributed by atoms with van der Waals surface area (Å²) in [6, 6.07) is 0. The Morgan fingerprint density at radius 3 is 2.78 bits per heavy atom. The number of ketones is 1. The number of fused-ring (bicyclic) bond motifs is 1. The molecule has 4 rings (SSSR count). The molecule has 1 spiro atoms. The first-order valence-corrected chi connectivity index (χ1v) is 6.70. The van der Waals surface area contributed by atoms with Gasteiger partial charge >= 0.3 is 5.97 Å². The zero-order valence-corrected chi connectivity index (χ0v) is 11.1. The molecule has 0 aromatic carbocycles. The number of hydrogen-bond acceptors (Lipinski definition) is 3. The summed E-state index contributed by atoms with van der Waals surface area (Å²) in [6.07, 6.45) is 6.00. The molecule has 0 N–H and O–H groups in total. The maximum absolute atomic E-state index is 12.1. The van der Waals surface area contributed by atoms with E-state index in [4.69, 9.17) is 4.74 Å². The lowest BCUT2D eigenvalue weighted by Crippen LogP contribution is -2.69. The maximum Gasteiger partial charge on any atom is 0.310 e. The van der Waals surface area contributed by atoms with Crippen molar-refractivity contribution >= 4 is 11.8 Å². The van der Waals surface area contributed by atoms with Gasteiger partial charge in [-0.25, -0.2) is 0 Å². The summed E-state index contributed by atoms with van der Waals surface area (Å²) in [5.74, 6) is 0.00210. The first kappa shape index (κ1) is 11.9. The Morgan fingerprint density at radius 1 is 1.44 bits per heavy atom. The van der Waals surface area contributed by atoms with Crippen LogP contribution in [0, 0.1) is 22.2 Å². The van der Waals surface area contributed by atoms with Crippen molar-refractivity contribution in [1.29, 1.82) is 0 Å². The second-order valence-corrected chi connectivity index (χ2v) is 6.40. The second-order valence-electron chi connectivity index (χ2n) is 6.40. The number of esters is 1. The average Bonchev–Trinajstić information content (AvgIpc) is 2.83.